The Balaban J connectivity index is 2.08. The topological polar surface area (TPSA) is 29.5 Å². The van der Waals surface area contributed by atoms with Crippen molar-refractivity contribution in [2.24, 2.45) is 0 Å². The van der Waals surface area contributed by atoms with Crippen molar-refractivity contribution in [2.45, 2.75) is 32.2 Å². The third-order valence-electron chi connectivity index (χ3n) is 3.13. The summed E-state index contributed by atoms with van der Waals surface area (Å²) in [5, 5.41) is 0.821. The van der Waals surface area contributed by atoms with Gasteiger partial charge in [-0.3, -0.25) is 4.79 Å². The van der Waals surface area contributed by atoms with Gasteiger partial charge in [-0.25, -0.2) is 0 Å². The molecule has 104 valence electrons. The zero-order chi connectivity index (χ0) is 13.7. The molecule has 0 radical (unpaired) electrons. The van der Waals surface area contributed by atoms with Gasteiger partial charge in [0.05, 0.1) is 6.61 Å². The van der Waals surface area contributed by atoms with Crippen LogP contribution in [-0.4, -0.2) is 35.3 Å². The summed E-state index contributed by atoms with van der Waals surface area (Å²) in [6.45, 7) is 3.52. The summed E-state index contributed by atoms with van der Waals surface area (Å²) in [5.41, 5.74) is 0.724. The van der Waals surface area contributed by atoms with E-state index in [0.29, 0.717) is 12.6 Å². The van der Waals surface area contributed by atoms with Crippen molar-refractivity contribution in [3.8, 4) is 5.75 Å². The van der Waals surface area contributed by atoms with Gasteiger partial charge in [0.25, 0.3) is 5.91 Å². The molecule has 19 heavy (non-hydrogen) atoms. The number of benzene rings is 1. The Morgan fingerprint density at radius 1 is 1.47 bits per heavy atom. The average Bonchev–Trinajstić information content (AvgIpc) is 3.26. The Bertz CT molecular complexity index is 432. The monoisotopic (exact) mass is 325 g/mol. The molecule has 0 atom stereocenters. The number of amides is 1. The van der Waals surface area contributed by atoms with Crippen LogP contribution in [0.5, 0.6) is 5.75 Å². The smallest absolute Gasteiger partial charge is 0.254 e. The van der Waals surface area contributed by atoms with Crippen LogP contribution in [0.15, 0.2) is 24.3 Å². The Kier molecular flexibility index (Phi) is 5.25. The predicted octanol–water partition coefficient (Wildman–Crippen LogP) is 3.47. The minimum Gasteiger partial charge on any atom is -0.494 e. The molecule has 0 aromatic heterocycles. The minimum absolute atomic E-state index is 0.115. The molecule has 0 bridgehead atoms. The molecule has 1 aromatic rings. The van der Waals surface area contributed by atoms with E-state index in [1.807, 2.05) is 29.2 Å². The lowest BCUT2D eigenvalue weighted by Crippen LogP contribution is -2.34. The predicted molar refractivity (Wildman–Crippen MR) is 80.1 cm³/mol. The maximum absolute atomic E-state index is 12.5. The van der Waals surface area contributed by atoms with Crippen LogP contribution in [0.2, 0.25) is 0 Å². The second-order valence-corrected chi connectivity index (χ2v) is 5.59. The van der Waals surface area contributed by atoms with Crippen LogP contribution >= 0.6 is 15.9 Å². The van der Waals surface area contributed by atoms with Gasteiger partial charge in [-0.15, -0.1) is 0 Å². The van der Waals surface area contributed by atoms with Crippen LogP contribution in [0.1, 0.15) is 36.5 Å². The summed E-state index contributed by atoms with van der Waals surface area (Å²) in [6, 6.07) is 7.94. The molecule has 1 fully saturated rings. The van der Waals surface area contributed by atoms with Crippen molar-refractivity contribution in [1.82, 2.24) is 4.90 Å². The normalized spacial score (nSPS) is 14.2. The van der Waals surface area contributed by atoms with Gasteiger partial charge in [0.15, 0.2) is 0 Å². The van der Waals surface area contributed by atoms with Crippen molar-refractivity contribution in [3.05, 3.63) is 29.8 Å². The molecule has 1 saturated carbocycles. The van der Waals surface area contributed by atoms with E-state index in [-0.39, 0.29) is 5.91 Å². The van der Waals surface area contributed by atoms with Crippen LogP contribution < -0.4 is 4.74 Å². The van der Waals surface area contributed by atoms with E-state index in [2.05, 4.69) is 22.9 Å². The lowest BCUT2D eigenvalue weighted by molar-refractivity contribution is 0.0754. The molecule has 0 heterocycles. The van der Waals surface area contributed by atoms with Crippen molar-refractivity contribution < 1.29 is 9.53 Å². The number of ether oxygens (including phenoxy) is 1. The average molecular weight is 326 g/mol. The molecular weight excluding hydrogens is 306 g/mol. The highest BCUT2D eigenvalue weighted by molar-refractivity contribution is 9.09. The summed E-state index contributed by atoms with van der Waals surface area (Å²) < 4.78 is 5.58. The molecule has 1 aromatic carbocycles. The number of nitrogens with zero attached hydrogens (tertiary/aromatic N) is 1. The molecule has 0 unspecified atom stereocenters. The first-order chi connectivity index (χ1) is 9.26. The summed E-state index contributed by atoms with van der Waals surface area (Å²) in [6.07, 6.45) is 3.23. The molecule has 0 N–H and O–H groups in total. The zero-order valence-corrected chi connectivity index (χ0v) is 12.9. The fraction of sp³-hybridized carbons (Fsp3) is 0.533. The molecule has 2 rings (SSSR count). The number of halogens is 1. The van der Waals surface area contributed by atoms with Crippen molar-refractivity contribution in [2.75, 3.05) is 18.5 Å². The van der Waals surface area contributed by atoms with Gasteiger partial charge in [-0.05, 0) is 37.5 Å². The van der Waals surface area contributed by atoms with E-state index in [4.69, 9.17) is 4.74 Å². The quantitative estimate of drug-likeness (QED) is 0.718. The molecule has 1 amide bonds. The zero-order valence-electron chi connectivity index (χ0n) is 11.3. The van der Waals surface area contributed by atoms with E-state index < -0.39 is 0 Å². The highest BCUT2D eigenvalue weighted by atomic mass is 79.9. The van der Waals surface area contributed by atoms with Gasteiger partial charge in [-0.1, -0.05) is 28.9 Å². The van der Waals surface area contributed by atoms with Gasteiger partial charge < -0.3 is 9.64 Å². The Morgan fingerprint density at radius 2 is 2.26 bits per heavy atom. The first-order valence-corrected chi connectivity index (χ1v) is 7.98. The maximum Gasteiger partial charge on any atom is 0.254 e. The van der Waals surface area contributed by atoms with Crippen molar-refractivity contribution in [1.29, 1.82) is 0 Å². The highest BCUT2D eigenvalue weighted by Gasteiger charge is 2.32. The number of hydrogen-bond donors (Lipinski definition) is 0. The molecule has 0 saturated heterocycles. The number of rotatable bonds is 7. The number of carbonyl (C=O) groups is 1. The lowest BCUT2D eigenvalue weighted by atomic mass is 10.2. The number of carbonyl (C=O) groups excluding carboxylic acids is 1. The van der Waals surface area contributed by atoms with Crippen LogP contribution in [-0.2, 0) is 0 Å². The van der Waals surface area contributed by atoms with E-state index in [0.717, 1.165) is 42.5 Å². The molecule has 4 heteroatoms. The first-order valence-electron chi connectivity index (χ1n) is 6.86. The third-order valence-corrected chi connectivity index (χ3v) is 3.48. The molecule has 0 spiro atoms. The molecule has 1 aliphatic carbocycles. The maximum atomic E-state index is 12.5. The van der Waals surface area contributed by atoms with Crippen molar-refractivity contribution in [3.63, 3.8) is 0 Å². The van der Waals surface area contributed by atoms with Crippen LogP contribution in [0, 0.1) is 0 Å². The number of hydrogen-bond acceptors (Lipinski definition) is 2. The SMILES string of the molecule is CCCOc1cccc(C(=O)N(CCBr)C2CC2)c1. The second kappa shape index (κ2) is 6.94. The largest absolute Gasteiger partial charge is 0.494 e. The molecule has 1 aliphatic rings. The van der Waals surface area contributed by atoms with Gasteiger partial charge in [0.2, 0.25) is 0 Å². The Hall–Kier alpha value is -1.03. The summed E-state index contributed by atoms with van der Waals surface area (Å²) in [7, 11) is 0. The van der Waals surface area contributed by atoms with Gasteiger partial charge >= 0.3 is 0 Å². The lowest BCUT2D eigenvalue weighted by Gasteiger charge is -2.21. The third kappa shape index (κ3) is 3.96. The molecular formula is C15H20BrNO2. The summed E-state index contributed by atoms with van der Waals surface area (Å²) >= 11 is 3.42. The standard InChI is InChI=1S/C15H20BrNO2/c1-2-10-19-14-5-3-4-12(11-14)15(18)17(9-8-16)13-6-7-13/h3-5,11,13H,2,6-10H2,1H3. The Labute approximate surface area is 123 Å². The van der Waals surface area contributed by atoms with E-state index >= 15 is 0 Å². The van der Waals surface area contributed by atoms with Gasteiger partial charge in [0.1, 0.15) is 5.75 Å². The molecule has 0 aliphatic heterocycles. The second-order valence-electron chi connectivity index (χ2n) is 4.79. The van der Waals surface area contributed by atoms with Gasteiger partial charge in [0, 0.05) is 23.5 Å². The van der Waals surface area contributed by atoms with Gasteiger partial charge in [-0.2, -0.15) is 0 Å². The van der Waals surface area contributed by atoms with E-state index in [1.165, 1.54) is 0 Å². The first kappa shape index (κ1) is 14.4. The van der Waals surface area contributed by atoms with E-state index in [1.54, 1.807) is 0 Å². The highest BCUT2D eigenvalue weighted by Crippen LogP contribution is 2.28. The van der Waals surface area contributed by atoms with E-state index in [9.17, 15) is 4.79 Å². The van der Waals surface area contributed by atoms with Crippen LogP contribution in [0.25, 0.3) is 0 Å². The fourth-order valence-corrected chi connectivity index (χ4v) is 2.41. The molecule has 3 nitrogen and oxygen atoms in total. The summed E-state index contributed by atoms with van der Waals surface area (Å²) in [5.74, 6) is 0.895. The Morgan fingerprint density at radius 3 is 2.89 bits per heavy atom. The van der Waals surface area contributed by atoms with Crippen LogP contribution in [0.4, 0.5) is 0 Å². The number of alkyl halides is 1. The minimum atomic E-state index is 0.115. The van der Waals surface area contributed by atoms with Crippen molar-refractivity contribution >= 4 is 21.8 Å². The summed E-state index contributed by atoms with van der Waals surface area (Å²) in [4.78, 5) is 14.5. The van der Waals surface area contributed by atoms with Crippen LogP contribution in [0.3, 0.4) is 0 Å². The fourth-order valence-electron chi connectivity index (χ4n) is 2.03.